The molecule has 1 saturated carbocycles. The zero-order chi connectivity index (χ0) is 11.1. The minimum atomic E-state index is -1.16. The summed E-state index contributed by atoms with van der Waals surface area (Å²) < 4.78 is 0. The standard InChI is InChI=1S/C10H15NO4/c12-6-7-2-1-5-11(7)8(13)10(3-4-10)9(14)15/h7,12H,1-6H2,(H,14,15). The van der Waals surface area contributed by atoms with E-state index in [1.165, 1.54) is 0 Å². The molecule has 0 aromatic rings. The number of hydrogen-bond acceptors (Lipinski definition) is 3. The van der Waals surface area contributed by atoms with E-state index in [0.717, 1.165) is 12.8 Å². The number of carboxylic acids is 1. The molecule has 84 valence electrons. The molecule has 0 aromatic carbocycles. The number of carboxylic acid groups (broad SMARTS) is 1. The average Bonchev–Trinajstić information content (AvgIpc) is 2.89. The predicted octanol–water partition coefficient (Wildman–Crippen LogP) is -0.166. The molecule has 1 unspecified atom stereocenters. The second kappa shape index (κ2) is 3.48. The molecule has 1 amide bonds. The van der Waals surface area contributed by atoms with Crippen molar-refractivity contribution in [3.8, 4) is 0 Å². The maximum absolute atomic E-state index is 12.0. The molecule has 0 bridgehead atoms. The summed E-state index contributed by atoms with van der Waals surface area (Å²) in [6.07, 6.45) is 2.51. The Kier molecular flexibility index (Phi) is 2.42. The fraction of sp³-hybridized carbons (Fsp3) is 0.800. The van der Waals surface area contributed by atoms with Crippen LogP contribution in [-0.2, 0) is 9.59 Å². The zero-order valence-electron chi connectivity index (χ0n) is 8.48. The van der Waals surface area contributed by atoms with Gasteiger partial charge in [-0.15, -0.1) is 0 Å². The first-order chi connectivity index (χ1) is 7.12. The van der Waals surface area contributed by atoms with Gasteiger partial charge in [0, 0.05) is 6.54 Å². The van der Waals surface area contributed by atoms with Crippen molar-refractivity contribution in [2.75, 3.05) is 13.2 Å². The van der Waals surface area contributed by atoms with Crippen molar-refractivity contribution in [3.05, 3.63) is 0 Å². The van der Waals surface area contributed by atoms with Crippen LogP contribution >= 0.6 is 0 Å². The lowest BCUT2D eigenvalue weighted by atomic mass is 10.1. The molecule has 1 atom stereocenters. The van der Waals surface area contributed by atoms with Crippen LogP contribution in [0.4, 0.5) is 0 Å². The van der Waals surface area contributed by atoms with Crippen LogP contribution in [0.3, 0.4) is 0 Å². The van der Waals surface area contributed by atoms with E-state index in [1.54, 1.807) is 4.90 Å². The monoisotopic (exact) mass is 213 g/mol. The minimum absolute atomic E-state index is 0.0680. The van der Waals surface area contributed by atoms with Crippen LogP contribution in [0.15, 0.2) is 0 Å². The SMILES string of the molecule is O=C(O)C1(C(=O)N2CCCC2CO)CC1. The van der Waals surface area contributed by atoms with Crippen LogP contribution < -0.4 is 0 Å². The lowest BCUT2D eigenvalue weighted by Crippen LogP contribution is -2.44. The van der Waals surface area contributed by atoms with E-state index in [1.807, 2.05) is 0 Å². The molecule has 2 fully saturated rings. The lowest BCUT2D eigenvalue weighted by molar-refractivity contribution is -0.154. The third-order valence-electron chi connectivity index (χ3n) is 3.42. The molecule has 0 aromatic heterocycles. The van der Waals surface area contributed by atoms with Crippen molar-refractivity contribution >= 4 is 11.9 Å². The van der Waals surface area contributed by atoms with Crippen LogP contribution in [0, 0.1) is 5.41 Å². The van der Waals surface area contributed by atoms with Crippen molar-refractivity contribution in [1.29, 1.82) is 0 Å². The molecule has 2 rings (SSSR count). The van der Waals surface area contributed by atoms with Gasteiger partial charge in [-0.3, -0.25) is 9.59 Å². The normalized spacial score (nSPS) is 27.8. The number of carbonyl (C=O) groups excluding carboxylic acids is 1. The topological polar surface area (TPSA) is 77.8 Å². The quantitative estimate of drug-likeness (QED) is 0.638. The fourth-order valence-electron chi connectivity index (χ4n) is 2.21. The highest BCUT2D eigenvalue weighted by Crippen LogP contribution is 2.48. The number of aliphatic hydroxyl groups is 1. The Morgan fingerprint density at radius 2 is 2.07 bits per heavy atom. The number of carbonyl (C=O) groups is 2. The van der Waals surface area contributed by atoms with Crippen molar-refractivity contribution in [3.63, 3.8) is 0 Å². The highest BCUT2D eigenvalue weighted by molar-refractivity contribution is 6.05. The number of hydrogen-bond donors (Lipinski definition) is 2. The van der Waals surface area contributed by atoms with Gasteiger partial charge in [0.25, 0.3) is 0 Å². The van der Waals surface area contributed by atoms with E-state index in [9.17, 15) is 9.59 Å². The van der Waals surface area contributed by atoms with Crippen molar-refractivity contribution in [1.82, 2.24) is 4.90 Å². The second-order valence-corrected chi connectivity index (χ2v) is 4.36. The molecule has 5 heteroatoms. The molecule has 1 heterocycles. The second-order valence-electron chi connectivity index (χ2n) is 4.36. The zero-order valence-corrected chi connectivity index (χ0v) is 8.48. The van der Waals surface area contributed by atoms with Gasteiger partial charge in [0.2, 0.25) is 5.91 Å². The van der Waals surface area contributed by atoms with Crippen LogP contribution in [-0.4, -0.2) is 46.2 Å². The van der Waals surface area contributed by atoms with Gasteiger partial charge in [-0.2, -0.15) is 0 Å². The number of amides is 1. The average molecular weight is 213 g/mol. The minimum Gasteiger partial charge on any atom is -0.480 e. The largest absolute Gasteiger partial charge is 0.480 e. The van der Waals surface area contributed by atoms with Gasteiger partial charge in [0.1, 0.15) is 5.41 Å². The molecule has 1 aliphatic heterocycles. The van der Waals surface area contributed by atoms with Gasteiger partial charge >= 0.3 is 5.97 Å². The summed E-state index contributed by atoms with van der Waals surface area (Å²) in [5.41, 5.74) is -1.16. The van der Waals surface area contributed by atoms with E-state index in [2.05, 4.69) is 0 Å². The Morgan fingerprint density at radius 1 is 1.40 bits per heavy atom. The molecule has 0 radical (unpaired) electrons. The number of nitrogens with zero attached hydrogens (tertiary/aromatic N) is 1. The summed E-state index contributed by atoms with van der Waals surface area (Å²) in [6, 6.07) is -0.172. The van der Waals surface area contributed by atoms with Gasteiger partial charge in [0.15, 0.2) is 0 Å². The third-order valence-corrected chi connectivity index (χ3v) is 3.42. The molecular formula is C10H15NO4. The van der Waals surface area contributed by atoms with Gasteiger partial charge in [-0.05, 0) is 25.7 Å². The van der Waals surface area contributed by atoms with Crippen molar-refractivity contribution in [2.45, 2.75) is 31.7 Å². The summed E-state index contributed by atoms with van der Waals surface area (Å²) in [5, 5.41) is 18.1. The molecule has 15 heavy (non-hydrogen) atoms. The Morgan fingerprint density at radius 3 is 2.53 bits per heavy atom. The van der Waals surface area contributed by atoms with E-state index in [-0.39, 0.29) is 18.6 Å². The summed E-state index contributed by atoms with van der Waals surface area (Å²) in [6.45, 7) is 0.514. The molecule has 2 N–H and O–H groups in total. The molecule has 1 saturated heterocycles. The molecule has 1 aliphatic carbocycles. The highest BCUT2D eigenvalue weighted by Gasteiger charge is 2.59. The van der Waals surface area contributed by atoms with Crippen LogP contribution in [0.1, 0.15) is 25.7 Å². The molecular weight excluding hydrogens is 198 g/mol. The molecule has 5 nitrogen and oxygen atoms in total. The molecule has 0 spiro atoms. The summed E-state index contributed by atoms with van der Waals surface area (Å²) in [5.74, 6) is -1.32. The Bertz CT molecular complexity index is 298. The Balaban J connectivity index is 2.11. The van der Waals surface area contributed by atoms with Crippen LogP contribution in [0.2, 0.25) is 0 Å². The predicted molar refractivity (Wildman–Crippen MR) is 51.1 cm³/mol. The van der Waals surface area contributed by atoms with Gasteiger partial charge in [-0.25, -0.2) is 0 Å². The van der Waals surface area contributed by atoms with Crippen LogP contribution in [0.5, 0.6) is 0 Å². The molecule has 2 aliphatic rings. The summed E-state index contributed by atoms with van der Waals surface area (Å²) >= 11 is 0. The number of aliphatic hydroxyl groups excluding tert-OH is 1. The highest BCUT2D eigenvalue weighted by atomic mass is 16.4. The first-order valence-corrected chi connectivity index (χ1v) is 5.27. The summed E-state index contributed by atoms with van der Waals surface area (Å²) in [4.78, 5) is 24.5. The first-order valence-electron chi connectivity index (χ1n) is 5.27. The van der Waals surface area contributed by atoms with Gasteiger partial charge in [0.05, 0.1) is 12.6 Å². The van der Waals surface area contributed by atoms with E-state index >= 15 is 0 Å². The maximum atomic E-state index is 12.0. The van der Waals surface area contributed by atoms with Gasteiger partial charge < -0.3 is 15.1 Å². The Labute approximate surface area is 87.7 Å². The Hall–Kier alpha value is -1.10. The van der Waals surface area contributed by atoms with E-state index in [0.29, 0.717) is 19.4 Å². The van der Waals surface area contributed by atoms with Crippen LogP contribution in [0.25, 0.3) is 0 Å². The van der Waals surface area contributed by atoms with E-state index in [4.69, 9.17) is 10.2 Å². The fourth-order valence-corrected chi connectivity index (χ4v) is 2.21. The van der Waals surface area contributed by atoms with Crippen molar-refractivity contribution in [2.24, 2.45) is 5.41 Å². The first kappa shape index (κ1) is 10.4. The lowest BCUT2D eigenvalue weighted by Gasteiger charge is -2.25. The number of aliphatic carboxylic acids is 1. The third kappa shape index (κ3) is 1.51. The van der Waals surface area contributed by atoms with E-state index < -0.39 is 11.4 Å². The summed E-state index contributed by atoms with van der Waals surface area (Å²) in [7, 11) is 0. The van der Waals surface area contributed by atoms with Gasteiger partial charge in [-0.1, -0.05) is 0 Å². The maximum Gasteiger partial charge on any atom is 0.319 e. The smallest absolute Gasteiger partial charge is 0.319 e. The van der Waals surface area contributed by atoms with Crippen molar-refractivity contribution < 1.29 is 19.8 Å². The number of likely N-dealkylation sites (tertiary alicyclic amines) is 1. The number of rotatable bonds is 3.